The maximum Gasteiger partial charge on any atom is 0.238 e. The molecule has 0 aliphatic carbocycles. The maximum absolute atomic E-state index is 12.0. The molecule has 1 aliphatic heterocycles. The molecular formula is C16H13BrClNO. The van der Waals surface area contributed by atoms with E-state index in [9.17, 15) is 4.79 Å². The van der Waals surface area contributed by atoms with E-state index < -0.39 is 0 Å². The van der Waals surface area contributed by atoms with Crippen molar-refractivity contribution in [3.63, 3.8) is 0 Å². The SMILES string of the molecule is O=C1Nc2ccccc2[C@@H](c2cccc(Cl)c2)C[C@H]1Br. The molecule has 0 fully saturated rings. The summed E-state index contributed by atoms with van der Waals surface area (Å²) in [5, 5.41) is 3.68. The van der Waals surface area contributed by atoms with Crippen LogP contribution in [0.3, 0.4) is 0 Å². The zero-order valence-electron chi connectivity index (χ0n) is 10.6. The molecule has 1 amide bonds. The number of para-hydroxylation sites is 1. The van der Waals surface area contributed by atoms with Crippen LogP contribution in [0.2, 0.25) is 5.02 Å². The third-order valence-electron chi connectivity index (χ3n) is 3.57. The summed E-state index contributed by atoms with van der Waals surface area (Å²) in [6.45, 7) is 0. The average molecular weight is 351 g/mol. The summed E-state index contributed by atoms with van der Waals surface area (Å²) in [6, 6.07) is 15.8. The van der Waals surface area contributed by atoms with Crippen LogP contribution >= 0.6 is 27.5 Å². The van der Waals surface area contributed by atoms with Crippen molar-refractivity contribution in [1.29, 1.82) is 0 Å². The highest BCUT2D eigenvalue weighted by Gasteiger charge is 2.29. The molecule has 2 aromatic rings. The van der Waals surface area contributed by atoms with Crippen LogP contribution in [0.5, 0.6) is 0 Å². The van der Waals surface area contributed by atoms with Gasteiger partial charge in [-0.1, -0.05) is 57.9 Å². The van der Waals surface area contributed by atoms with Crippen LogP contribution in [-0.2, 0) is 4.79 Å². The van der Waals surface area contributed by atoms with Gasteiger partial charge >= 0.3 is 0 Å². The number of hydrogen-bond acceptors (Lipinski definition) is 1. The normalized spacial score (nSPS) is 21.8. The van der Waals surface area contributed by atoms with Crippen LogP contribution in [0.1, 0.15) is 23.5 Å². The van der Waals surface area contributed by atoms with E-state index in [0.717, 1.165) is 21.8 Å². The lowest BCUT2D eigenvalue weighted by Crippen LogP contribution is -2.21. The lowest BCUT2D eigenvalue weighted by Gasteiger charge is -2.18. The number of carbonyl (C=O) groups excluding carboxylic acids is 1. The van der Waals surface area contributed by atoms with Crippen molar-refractivity contribution in [2.45, 2.75) is 17.2 Å². The Balaban J connectivity index is 2.11. The van der Waals surface area contributed by atoms with Crippen molar-refractivity contribution in [3.05, 3.63) is 64.7 Å². The Bertz CT molecular complexity index is 658. The van der Waals surface area contributed by atoms with Crippen LogP contribution in [0.15, 0.2) is 48.5 Å². The van der Waals surface area contributed by atoms with Crippen molar-refractivity contribution in [3.8, 4) is 0 Å². The number of fused-ring (bicyclic) bond motifs is 1. The monoisotopic (exact) mass is 349 g/mol. The zero-order valence-corrected chi connectivity index (χ0v) is 13.0. The Morgan fingerprint density at radius 2 is 1.95 bits per heavy atom. The molecule has 4 heteroatoms. The van der Waals surface area contributed by atoms with Crippen LogP contribution in [0, 0.1) is 0 Å². The first-order valence-electron chi connectivity index (χ1n) is 6.44. The van der Waals surface area contributed by atoms with Gasteiger partial charge in [0.05, 0.1) is 4.83 Å². The molecule has 0 spiro atoms. The van der Waals surface area contributed by atoms with Crippen LogP contribution in [0.25, 0.3) is 0 Å². The highest BCUT2D eigenvalue weighted by molar-refractivity contribution is 9.10. The Morgan fingerprint density at radius 1 is 1.15 bits per heavy atom. The second kappa shape index (κ2) is 5.58. The summed E-state index contributed by atoms with van der Waals surface area (Å²) in [5.41, 5.74) is 3.14. The quantitative estimate of drug-likeness (QED) is 0.750. The van der Waals surface area contributed by atoms with Gasteiger partial charge in [0.1, 0.15) is 0 Å². The molecule has 1 heterocycles. The van der Waals surface area contributed by atoms with Gasteiger partial charge in [0.15, 0.2) is 0 Å². The Hall–Kier alpha value is -1.32. The number of benzene rings is 2. The summed E-state index contributed by atoms with van der Waals surface area (Å²) in [7, 11) is 0. The summed E-state index contributed by atoms with van der Waals surface area (Å²) < 4.78 is 0. The first kappa shape index (κ1) is 13.7. The van der Waals surface area contributed by atoms with E-state index in [1.165, 1.54) is 0 Å². The fourth-order valence-electron chi connectivity index (χ4n) is 2.61. The third kappa shape index (κ3) is 2.60. The van der Waals surface area contributed by atoms with Crippen molar-refractivity contribution < 1.29 is 4.79 Å². The van der Waals surface area contributed by atoms with Crippen LogP contribution in [0.4, 0.5) is 5.69 Å². The predicted molar refractivity (Wildman–Crippen MR) is 85.7 cm³/mol. The van der Waals surface area contributed by atoms with Gasteiger partial charge in [-0.05, 0) is 35.7 Å². The molecule has 102 valence electrons. The topological polar surface area (TPSA) is 29.1 Å². The highest BCUT2D eigenvalue weighted by Crippen LogP contribution is 2.38. The number of alkyl halides is 1. The van der Waals surface area contributed by atoms with Gasteiger partial charge in [0.25, 0.3) is 0 Å². The molecule has 0 radical (unpaired) electrons. The standard InChI is InChI=1S/C16H13BrClNO/c17-14-9-13(10-4-3-5-11(18)8-10)12-6-1-2-7-15(12)19-16(14)20/h1-8,13-14H,9H2,(H,19,20)/t13-,14-/m1/s1. The number of nitrogens with one attached hydrogen (secondary N) is 1. The van der Waals surface area contributed by atoms with Crippen LogP contribution < -0.4 is 5.32 Å². The van der Waals surface area contributed by atoms with E-state index >= 15 is 0 Å². The molecule has 2 atom stereocenters. The van der Waals surface area contributed by atoms with Gasteiger partial charge in [-0.3, -0.25) is 4.79 Å². The molecule has 0 saturated carbocycles. The fourth-order valence-corrected chi connectivity index (χ4v) is 3.29. The minimum atomic E-state index is -0.209. The Morgan fingerprint density at radius 3 is 2.75 bits per heavy atom. The molecule has 0 bridgehead atoms. The Kier molecular flexibility index (Phi) is 3.81. The maximum atomic E-state index is 12.0. The van der Waals surface area contributed by atoms with E-state index in [0.29, 0.717) is 6.42 Å². The number of hydrogen-bond donors (Lipinski definition) is 1. The average Bonchev–Trinajstić information content (AvgIpc) is 2.57. The van der Waals surface area contributed by atoms with E-state index in [2.05, 4.69) is 33.4 Å². The second-order valence-corrected chi connectivity index (χ2v) is 6.43. The third-order valence-corrected chi connectivity index (χ3v) is 4.60. The summed E-state index contributed by atoms with van der Waals surface area (Å²) >= 11 is 9.58. The van der Waals surface area contributed by atoms with Crippen molar-refractivity contribution in [2.75, 3.05) is 5.32 Å². The van der Waals surface area contributed by atoms with E-state index in [4.69, 9.17) is 11.6 Å². The first-order chi connectivity index (χ1) is 9.65. The van der Waals surface area contributed by atoms with Gasteiger partial charge in [-0.15, -0.1) is 0 Å². The molecule has 0 unspecified atom stereocenters. The molecular weight excluding hydrogens is 338 g/mol. The number of anilines is 1. The van der Waals surface area contributed by atoms with Gasteiger partial charge in [0, 0.05) is 16.6 Å². The van der Waals surface area contributed by atoms with Gasteiger partial charge < -0.3 is 5.32 Å². The zero-order chi connectivity index (χ0) is 14.1. The van der Waals surface area contributed by atoms with Crippen molar-refractivity contribution >= 4 is 39.1 Å². The van der Waals surface area contributed by atoms with Gasteiger partial charge in [-0.2, -0.15) is 0 Å². The lowest BCUT2D eigenvalue weighted by molar-refractivity contribution is -0.115. The molecule has 0 saturated heterocycles. The van der Waals surface area contributed by atoms with Crippen LogP contribution in [-0.4, -0.2) is 10.7 Å². The minimum absolute atomic E-state index is 0.00183. The molecule has 1 aliphatic rings. The first-order valence-corrected chi connectivity index (χ1v) is 7.74. The highest BCUT2D eigenvalue weighted by atomic mass is 79.9. The van der Waals surface area contributed by atoms with E-state index in [1.807, 2.05) is 36.4 Å². The fraction of sp³-hybridized carbons (Fsp3) is 0.188. The smallest absolute Gasteiger partial charge is 0.238 e. The summed E-state index contributed by atoms with van der Waals surface area (Å²) in [4.78, 5) is 11.8. The molecule has 3 rings (SSSR count). The van der Waals surface area contributed by atoms with E-state index in [-0.39, 0.29) is 16.7 Å². The summed E-state index contributed by atoms with van der Waals surface area (Å²) in [6.07, 6.45) is 0.711. The molecule has 2 nitrogen and oxygen atoms in total. The lowest BCUT2D eigenvalue weighted by atomic mass is 9.87. The predicted octanol–water partition coefficient (Wildman–Crippen LogP) is 4.58. The van der Waals surface area contributed by atoms with Gasteiger partial charge in [-0.25, -0.2) is 0 Å². The molecule has 1 N–H and O–H groups in total. The number of amides is 1. The summed E-state index contributed by atoms with van der Waals surface area (Å²) in [5.74, 6) is 0.148. The minimum Gasteiger partial charge on any atom is -0.325 e. The number of rotatable bonds is 1. The largest absolute Gasteiger partial charge is 0.325 e. The van der Waals surface area contributed by atoms with Crippen molar-refractivity contribution in [1.82, 2.24) is 0 Å². The van der Waals surface area contributed by atoms with Crippen molar-refractivity contribution in [2.24, 2.45) is 0 Å². The van der Waals surface area contributed by atoms with Gasteiger partial charge in [0.2, 0.25) is 5.91 Å². The molecule has 2 aromatic carbocycles. The molecule has 0 aromatic heterocycles. The molecule has 20 heavy (non-hydrogen) atoms. The number of carbonyl (C=O) groups is 1. The Labute approximate surface area is 131 Å². The van der Waals surface area contributed by atoms with E-state index in [1.54, 1.807) is 0 Å². The second-order valence-electron chi connectivity index (χ2n) is 4.89. The number of halogens is 2.